The van der Waals surface area contributed by atoms with Crippen molar-refractivity contribution in [3.63, 3.8) is 0 Å². The number of hydrazone groups is 1. The van der Waals surface area contributed by atoms with Crippen LogP contribution in [0.25, 0.3) is 0 Å². The minimum Gasteiger partial charge on any atom is -0.282 e. The van der Waals surface area contributed by atoms with E-state index in [1.54, 1.807) is 6.21 Å². The number of allylic oxidation sites excluding steroid dienone is 4. The molecule has 0 spiro atoms. The first kappa shape index (κ1) is 5.71. The summed E-state index contributed by atoms with van der Waals surface area (Å²) < 4.78 is 0. The van der Waals surface area contributed by atoms with Gasteiger partial charge in [-0.05, 0) is 25.0 Å². The fourth-order valence-electron chi connectivity index (χ4n) is 1.02. The van der Waals surface area contributed by atoms with Crippen LogP contribution in [-0.4, -0.2) is 6.21 Å². The maximum absolute atomic E-state index is 3.98. The molecule has 1 fully saturated rings. The molecule has 10 heavy (non-hydrogen) atoms. The molecule has 0 atom stereocenters. The van der Waals surface area contributed by atoms with Crippen molar-refractivity contribution in [2.24, 2.45) is 11.0 Å². The molecule has 2 nitrogen and oxygen atoms in total. The molecule has 0 saturated heterocycles. The van der Waals surface area contributed by atoms with Gasteiger partial charge in [0.2, 0.25) is 0 Å². The molecule has 0 aromatic carbocycles. The van der Waals surface area contributed by atoms with Gasteiger partial charge in [0.25, 0.3) is 0 Å². The highest BCUT2D eigenvalue weighted by molar-refractivity contribution is 5.71. The van der Waals surface area contributed by atoms with E-state index in [9.17, 15) is 0 Å². The summed E-state index contributed by atoms with van der Waals surface area (Å²) in [6, 6.07) is 0. The van der Waals surface area contributed by atoms with Crippen molar-refractivity contribution in [2.45, 2.75) is 12.8 Å². The lowest BCUT2D eigenvalue weighted by molar-refractivity contribution is 0.795. The molecule has 1 aliphatic heterocycles. The number of nitrogens with zero attached hydrogens (tertiary/aromatic N) is 1. The Hall–Kier alpha value is -1.05. The molecule has 0 unspecified atom stereocenters. The van der Waals surface area contributed by atoms with Gasteiger partial charge in [0.1, 0.15) is 0 Å². The van der Waals surface area contributed by atoms with Crippen molar-refractivity contribution in [3.05, 3.63) is 23.9 Å². The number of nitrogens with one attached hydrogen (secondary N) is 1. The molecule has 1 aliphatic carbocycles. The Morgan fingerprint density at radius 1 is 1.40 bits per heavy atom. The van der Waals surface area contributed by atoms with Gasteiger partial charge in [-0.15, -0.1) is 0 Å². The zero-order valence-corrected chi connectivity index (χ0v) is 5.75. The normalized spacial score (nSPS) is 23.4. The van der Waals surface area contributed by atoms with Gasteiger partial charge in [0, 0.05) is 17.8 Å². The highest BCUT2D eigenvalue weighted by Gasteiger charge is 2.25. The van der Waals surface area contributed by atoms with E-state index in [-0.39, 0.29) is 0 Å². The van der Waals surface area contributed by atoms with Crippen molar-refractivity contribution in [1.29, 1.82) is 0 Å². The van der Waals surface area contributed by atoms with Crippen LogP contribution in [0.3, 0.4) is 0 Å². The maximum atomic E-state index is 3.98. The zero-order chi connectivity index (χ0) is 6.81. The van der Waals surface area contributed by atoms with Crippen LogP contribution in [0.1, 0.15) is 12.8 Å². The molecule has 1 saturated carbocycles. The van der Waals surface area contributed by atoms with Gasteiger partial charge in [-0.2, -0.15) is 5.10 Å². The topological polar surface area (TPSA) is 24.4 Å². The number of hydrogen-bond acceptors (Lipinski definition) is 2. The second-order valence-corrected chi connectivity index (χ2v) is 2.67. The third-order valence-corrected chi connectivity index (χ3v) is 1.76. The lowest BCUT2D eigenvalue weighted by Crippen LogP contribution is -2.05. The molecular weight excluding hydrogens is 124 g/mol. The van der Waals surface area contributed by atoms with E-state index in [1.807, 2.05) is 12.2 Å². The Kier molecular flexibility index (Phi) is 1.31. The average Bonchev–Trinajstić information content (AvgIpc) is 2.76. The fraction of sp³-hybridized carbons (Fsp3) is 0.375. The van der Waals surface area contributed by atoms with Crippen LogP contribution in [0.4, 0.5) is 0 Å². The van der Waals surface area contributed by atoms with Crippen molar-refractivity contribution in [3.8, 4) is 0 Å². The summed E-state index contributed by atoms with van der Waals surface area (Å²) in [4.78, 5) is 0. The minimum atomic E-state index is 0.764. The predicted octanol–water partition coefficient (Wildman–Crippen LogP) is 1.43. The second kappa shape index (κ2) is 2.29. The van der Waals surface area contributed by atoms with E-state index < -0.39 is 0 Å². The summed E-state index contributed by atoms with van der Waals surface area (Å²) in [6.45, 7) is 0. The molecule has 1 N–H and O–H groups in total. The molecule has 0 radical (unpaired) electrons. The molecule has 0 aromatic heterocycles. The average molecular weight is 134 g/mol. The largest absolute Gasteiger partial charge is 0.282 e. The standard InChI is InChI=1S/C8H10N2/c1-2-6-9-10-8(3-1)7-4-5-7/h1-3,6-7,10H,4-5H2. The van der Waals surface area contributed by atoms with Crippen LogP contribution in [0.15, 0.2) is 29.0 Å². The Bertz CT molecular complexity index is 209. The minimum absolute atomic E-state index is 0.764. The summed E-state index contributed by atoms with van der Waals surface area (Å²) in [7, 11) is 0. The van der Waals surface area contributed by atoms with E-state index >= 15 is 0 Å². The summed E-state index contributed by atoms with van der Waals surface area (Å²) in [5, 5.41) is 3.98. The highest BCUT2D eigenvalue weighted by atomic mass is 15.3. The lowest BCUT2D eigenvalue weighted by Gasteiger charge is -2.00. The van der Waals surface area contributed by atoms with Crippen LogP contribution in [-0.2, 0) is 0 Å². The number of hydrogen-bond donors (Lipinski definition) is 1. The Morgan fingerprint density at radius 2 is 2.30 bits per heavy atom. The van der Waals surface area contributed by atoms with Crippen LogP contribution >= 0.6 is 0 Å². The summed E-state index contributed by atoms with van der Waals surface area (Å²) in [5.74, 6) is 0.764. The first-order valence-corrected chi connectivity index (χ1v) is 3.63. The number of rotatable bonds is 1. The van der Waals surface area contributed by atoms with Gasteiger partial charge in [0.05, 0.1) is 0 Å². The van der Waals surface area contributed by atoms with Crippen molar-refractivity contribution >= 4 is 6.21 Å². The van der Waals surface area contributed by atoms with Gasteiger partial charge < -0.3 is 0 Å². The second-order valence-electron chi connectivity index (χ2n) is 2.67. The van der Waals surface area contributed by atoms with E-state index in [0.717, 1.165) is 5.92 Å². The van der Waals surface area contributed by atoms with Crippen LogP contribution < -0.4 is 5.43 Å². The van der Waals surface area contributed by atoms with Gasteiger partial charge in [-0.25, -0.2) is 0 Å². The molecule has 0 amide bonds. The van der Waals surface area contributed by atoms with Crippen LogP contribution in [0.5, 0.6) is 0 Å². The zero-order valence-electron chi connectivity index (χ0n) is 5.75. The third-order valence-electron chi connectivity index (χ3n) is 1.76. The molecule has 0 aromatic rings. The molecular formula is C8H10N2. The summed E-state index contributed by atoms with van der Waals surface area (Å²) in [5.41, 5.74) is 4.28. The SMILES string of the molecule is C1=CC=C(C2CC2)NN=C1. The highest BCUT2D eigenvalue weighted by Crippen LogP contribution is 2.35. The smallest absolute Gasteiger partial charge is 0.0472 e. The Balaban J connectivity index is 2.12. The van der Waals surface area contributed by atoms with E-state index in [1.165, 1.54) is 18.5 Å². The van der Waals surface area contributed by atoms with Crippen molar-refractivity contribution < 1.29 is 0 Å². The Morgan fingerprint density at radius 3 is 3.10 bits per heavy atom. The lowest BCUT2D eigenvalue weighted by atomic mass is 10.3. The fourth-order valence-corrected chi connectivity index (χ4v) is 1.02. The van der Waals surface area contributed by atoms with E-state index in [2.05, 4.69) is 16.6 Å². The summed E-state index contributed by atoms with van der Waals surface area (Å²) in [6.07, 6.45) is 10.5. The van der Waals surface area contributed by atoms with Crippen molar-refractivity contribution in [2.75, 3.05) is 0 Å². The summed E-state index contributed by atoms with van der Waals surface area (Å²) >= 11 is 0. The Labute approximate surface area is 60.3 Å². The van der Waals surface area contributed by atoms with Crippen LogP contribution in [0.2, 0.25) is 0 Å². The van der Waals surface area contributed by atoms with Crippen molar-refractivity contribution in [1.82, 2.24) is 5.43 Å². The molecule has 0 bridgehead atoms. The van der Waals surface area contributed by atoms with Gasteiger partial charge in [-0.1, -0.05) is 6.08 Å². The maximum Gasteiger partial charge on any atom is 0.0472 e. The first-order chi connectivity index (χ1) is 4.97. The quantitative estimate of drug-likeness (QED) is 0.576. The van der Waals surface area contributed by atoms with Gasteiger partial charge in [-0.3, -0.25) is 5.43 Å². The van der Waals surface area contributed by atoms with E-state index in [4.69, 9.17) is 0 Å². The van der Waals surface area contributed by atoms with E-state index in [0.29, 0.717) is 0 Å². The molecule has 2 heteroatoms. The first-order valence-electron chi connectivity index (χ1n) is 3.63. The van der Waals surface area contributed by atoms with Crippen LogP contribution in [0, 0.1) is 5.92 Å². The van der Waals surface area contributed by atoms with Gasteiger partial charge in [0.15, 0.2) is 0 Å². The molecule has 2 rings (SSSR count). The van der Waals surface area contributed by atoms with Gasteiger partial charge >= 0.3 is 0 Å². The monoisotopic (exact) mass is 134 g/mol. The predicted molar refractivity (Wildman–Crippen MR) is 41.6 cm³/mol. The third kappa shape index (κ3) is 1.10. The molecule has 52 valence electrons. The molecule has 2 aliphatic rings. The molecule has 1 heterocycles.